The SMILES string of the molecule is O=C1NCCN1c1ccc(NCc2cccc(Br)n2)cc1. The highest BCUT2D eigenvalue weighted by Crippen LogP contribution is 2.20. The Morgan fingerprint density at radius 3 is 2.71 bits per heavy atom. The number of nitrogens with zero attached hydrogens (tertiary/aromatic N) is 2. The Morgan fingerprint density at radius 2 is 2.05 bits per heavy atom. The average molecular weight is 347 g/mol. The molecule has 2 aromatic rings. The first kappa shape index (κ1) is 13.9. The maximum atomic E-state index is 11.6. The first-order valence-electron chi connectivity index (χ1n) is 6.73. The van der Waals surface area contributed by atoms with E-state index < -0.39 is 0 Å². The highest BCUT2D eigenvalue weighted by Gasteiger charge is 2.20. The Kier molecular flexibility index (Phi) is 4.06. The van der Waals surface area contributed by atoms with E-state index in [-0.39, 0.29) is 6.03 Å². The summed E-state index contributed by atoms with van der Waals surface area (Å²) >= 11 is 3.36. The zero-order valence-corrected chi connectivity index (χ0v) is 12.9. The zero-order valence-electron chi connectivity index (χ0n) is 11.3. The summed E-state index contributed by atoms with van der Waals surface area (Å²) in [6.45, 7) is 2.07. The molecular formula is C15H15BrN4O. The van der Waals surface area contributed by atoms with Gasteiger partial charge in [-0.25, -0.2) is 9.78 Å². The predicted octanol–water partition coefficient (Wildman–Crippen LogP) is 2.99. The molecule has 6 heteroatoms. The number of carbonyl (C=O) groups excluding carboxylic acids is 1. The molecule has 2 amide bonds. The summed E-state index contributed by atoms with van der Waals surface area (Å²) in [7, 11) is 0. The fourth-order valence-electron chi connectivity index (χ4n) is 2.22. The molecule has 0 radical (unpaired) electrons. The molecular weight excluding hydrogens is 332 g/mol. The van der Waals surface area contributed by atoms with E-state index in [4.69, 9.17) is 0 Å². The van der Waals surface area contributed by atoms with Gasteiger partial charge in [-0.05, 0) is 52.3 Å². The minimum absolute atomic E-state index is 0.0333. The van der Waals surface area contributed by atoms with Gasteiger partial charge in [0, 0.05) is 24.5 Å². The van der Waals surface area contributed by atoms with Crippen LogP contribution in [0.15, 0.2) is 47.1 Å². The Labute approximate surface area is 131 Å². The van der Waals surface area contributed by atoms with Gasteiger partial charge in [0.25, 0.3) is 0 Å². The second-order valence-electron chi connectivity index (χ2n) is 4.74. The van der Waals surface area contributed by atoms with Gasteiger partial charge < -0.3 is 10.6 Å². The molecule has 1 aromatic heterocycles. The van der Waals surface area contributed by atoms with Crippen LogP contribution in [0.5, 0.6) is 0 Å². The van der Waals surface area contributed by atoms with E-state index in [2.05, 4.69) is 31.5 Å². The average Bonchev–Trinajstić information content (AvgIpc) is 2.92. The molecule has 21 heavy (non-hydrogen) atoms. The van der Waals surface area contributed by atoms with Crippen molar-refractivity contribution < 1.29 is 4.79 Å². The van der Waals surface area contributed by atoms with Gasteiger partial charge in [-0.2, -0.15) is 0 Å². The number of nitrogens with one attached hydrogen (secondary N) is 2. The first-order valence-corrected chi connectivity index (χ1v) is 7.52. The first-order chi connectivity index (χ1) is 10.2. The fourth-order valence-corrected chi connectivity index (χ4v) is 2.60. The third-order valence-corrected chi connectivity index (χ3v) is 3.72. The highest BCUT2D eigenvalue weighted by molar-refractivity contribution is 9.10. The van der Waals surface area contributed by atoms with Crippen LogP contribution in [0.2, 0.25) is 0 Å². The van der Waals surface area contributed by atoms with Crippen molar-refractivity contribution in [2.75, 3.05) is 23.3 Å². The van der Waals surface area contributed by atoms with E-state index in [0.717, 1.165) is 21.7 Å². The Balaban J connectivity index is 1.63. The number of hydrogen-bond acceptors (Lipinski definition) is 3. The van der Waals surface area contributed by atoms with Crippen molar-refractivity contribution in [1.29, 1.82) is 0 Å². The van der Waals surface area contributed by atoms with Crippen molar-refractivity contribution in [3.8, 4) is 0 Å². The summed E-state index contributed by atoms with van der Waals surface area (Å²) in [5.41, 5.74) is 2.88. The molecule has 1 aliphatic heterocycles. The van der Waals surface area contributed by atoms with Gasteiger partial charge in [-0.3, -0.25) is 4.90 Å². The van der Waals surface area contributed by atoms with Crippen LogP contribution in [0, 0.1) is 0 Å². The molecule has 0 atom stereocenters. The van der Waals surface area contributed by atoms with Gasteiger partial charge in [0.1, 0.15) is 4.60 Å². The fraction of sp³-hybridized carbons (Fsp3) is 0.200. The van der Waals surface area contributed by atoms with Gasteiger partial charge >= 0.3 is 6.03 Å². The smallest absolute Gasteiger partial charge is 0.321 e. The molecule has 3 rings (SSSR count). The van der Waals surface area contributed by atoms with Crippen molar-refractivity contribution in [2.45, 2.75) is 6.54 Å². The third kappa shape index (κ3) is 3.33. The number of anilines is 2. The van der Waals surface area contributed by atoms with Crippen LogP contribution in [-0.2, 0) is 6.54 Å². The van der Waals surface area contributed by atoms with Gasteiger partial charge in [-0.15, -0.1) is 0 Å². The van der Waals surface area contributed by atoms with Crippen molar-refractivity contribution in [2.24, 2.45) is 0 Å². The third-order valence-electron chi connectivity index (χ3n) is 3.28. The predicted molar refractivity (Wildman–Crippen MR) is 86.5 cm³/mol. The second kappa shape index (κ2) is 6.13. The molecule has 0 spiro atoms. The Bertz CT molecular complexity index is 644. The van der Waals surface area contributed by atoms with E-state index in [1.54, 1.807) is 4.90 Å². The molecule has 0 bridgehead atoms. The minimum atomic E-state index is -0.0333. The van der Waals surface area contributed by atoms with Gasteiger partial charge in [0.05, 0.1) is 12.2 Å². The van der Waals surface area contributed by atoms with E-state index in [0.29, 0.717) is 19.6 Å². The molecule has 108 valence electrons. The van der Waals surface area contributed by atoms with Crippen molar-refractivity contribution >= 4 is 33.3 Å². The molecule has 2 heterocycles. The summed E-state index contributed by atoms with van der Waals surface area (Å²) in [4.78, 5) is 17.7. The molecule has 1 aliphatic rings. The number of rotatable bonds is 4. The largest absolute Gasteiger partial charge is 0.379 e. The Morgan fingerprint density at radius 1 is 1.24 bits per heavy atom. The molecule has 0 saturated carbocycles. The molecule has 1 fully saturated rings. The van der Waals surface area contributed by atoms with E-state index in [9.17, 15) is 4.79 Å². The number of aromatic nitrogens is 1. The lowest BCUT2D eigenvalue weighted by Crippen LogP contribution is -2.27. The molecule has 5 nitrogen and oxygen atoms in total. The quantitative estimate of drug-likeness (QED) is 0.836. The number of amides is 2. The summed E-state index contributed by atoms with van der Waals surface area (Å²) < 4.78 is 0.831. The Hall–Kier alpha value is -2.08. The van der Waals surface area contributed by atoms with E-state index in [1.807, 2.05) is 42.5 Å². The van der Waals surface area contributed by atoms with Crippen molar-refractivity contribution in [3.05, 3.63) is 52.8 Å². The lowest BCUT2D eigenvalue weighted by atomic mass is 10.2. The topological polar surface area (TPSA) is 57.3 Å². The van der Waals surface area contributed by atoms with Crippen LogP contribution in [-0.4, -0.2) is 24.1 Å². The number of pyridine rings is 1. The van der Waals surface area contributed by atoms with Crippen LogP contribution in [0.4, 0.5) is 16.2 Å². The molecule has 1 saturated heterocycles. The molecule has 1 aromatic carbocycles. The summed E-state index contributed by atoms with van der Waals surface area (Å²) in [5.74, 6) is 0. The number of hydrogen-bond donors (Lipinski definition) is 2. The zero-order chi connectivity index (χ0) is 14.7. The molecule has 0 aliphatic carbocycles. The molecule has 0 unspecified atom stereocenters. The minimum Gasteiger partial charge on any atom is -0.379 e. The van der Waals surface area contributed by atoms with Crippen LogP contribution < -0.4 is 15.5 Å². The maximum absolute atomic E-state index is 11.6. The maximum Gasteiger partial charge on any atom is 0.321 e. The standard InChI is InChI=1S/C15H15BrN4O/c16-14-3-1-2-12(19-14)10-18-11-4-6-13(7-5-11)20-9-8-17-15(20)21/h1-7,18H,8-10H2,(H,17,21). The number of benzene rings is 1. The summed E-state index contributed by atoms with van der Waals surface area (Å²) in [5, 5.41) is 6.11. The lowest BCUT2D eigenvalue weighted by molar-refractivity contribution is 0.252. The molecule has 2 N–H and O–H groups in total. The summed E-state index contributed by atoms with van der Waals surface area (Å²) in [6.07, 6.45) is 0. The number of urea groups is 1. The summed E-state index contributed by atoms with van der Waals surface area (Å²) in [6, 6.07) is 13.6. The van der Waals surface area contributed by atoms with Crippen LogP contribution in [0.3, 0.4) is 0 Å². The van der Waals surface area contributed by atoms with Crippen LogP contribution >= 0.6 is 15.9 Å². The van der Waals surface area contributed by atoms with Gasteiger partial charge in [0.15, 0.2) is 0 Å². The van der Waals surface area contributed by atoms with E-state index in [1.165, 1.54) is 0 Å². The lowest BCUT2D eigenvalue weighted by Gasteiger charge is -2.15. The number of halogens is 1. The van der Waals surface area contributed by atoms with Crippen LogP contribution in [0.25, 0.3) is 0 Å². The van der Waals surface area contributed by atoms with Crippen molar-refractivity contribution in [3.63, 3.8) is 0 Å². The van der Waals surface area contributed by atoms with Crippen molar-refractivity contribution in [1.82, 2.24) is 10.3 Å². The van der Waals surface area contributed by atoms with E-state index >= 15 is 0 Å². The second-order valence-corrected chi connectivity index (χ2v) is 5.55. The van der Waals surface area contributed by atoms with Gasteiger partial charge in [0.2, 0.25) is 0 Å². The monoisotopic (exact) mass is 346 g/mol. The highest BCUT2D eigenvalue weighted by atomic mass is 79.9. The number of carbonyl (C=O) groups is 1. The van der Waals surface area contributed by atoms with Gasteiger partial charge in [-0.1, -0.05) is 6.07 Å². The normalized spacial score (nSPS) is 14.1. The van der Waals surface area contributed by atoms with Crippen LogP contribution in [0.1, 0.15) is 5.69 Å².